The number of benzene rings is 1. The lowest BCUT2D eigenvalue weighted by Gasteiger charge is -2.11. The van der Waals surface area contributed by atoms with Crippen molar-refractivity contribution in [2.24, 2.45) is 0 Å². The average molecular weight is 280 g/mol. The summed E-state index contributed by atoms with van der Waals surface area (Å²) in [5.74, 6) is 0.961. The van der Waals surface area contributed by atoms with Gasteiger partial charge in [0.2, 0.25) is 0 Å². The van der Waals surface area contributed by atoms with Crippen LogP contribution in [-0.4, -0.2) is 15.7 Å². The zero-order valence-electron chi connectivity index (χ0n) is 12.5. The first-order valence-electron chi connectivity index (χ1n) is 7.37. The van der Waals surface area contributed by atoms with Crippen LogP contribution >= 0.6 is 0 Å². The van der Waals surface area contributed by atoms with Gasteiger partial charge in [-0.2, -0.15) is 0 Å². The zero-order valence-corrected chi connectivity index (χ0v) is 12.5. The highest BCUT2D eigenvalue weighted by molar-refractivity contribution is 5.86. The maximum Gasteiger partial charge on any atom is 0.129 e. The minimum absolute atomic E-state index is 0.189. The molecule has 3 nitrogen and oxygen atoms in total. The highest BCUT2D eigenvalue weighted by atomic mass is 16.5. The Morgan fingerprint density at radius 1 is 1.14 bits per heavy atom. The Hall–Kier alpha value is -2.29. The highest BCUT2D eigenvalue weighted by Crippen LogP contribution is 2.27. The van der Waals surface area contributed by atoms with Crippen LogP contribution in [0.25, 0.3) is 10.9 Å². The molecule has 0 N–H and O–H groups in total. The predicted molar refractivity (Wildman–Crippen MR) is 85.6 cm³/mol. The van der Waals surface area contributed by atoms with Gasteiger partial charge in [-0.1, -0.05) is 12.1 Å². The summed E-state index contributed by atoms with van der Waals surface area (Å²) < 4.78 is 8.15. The van der Waals surface area contributed by atoms with Crippen LogP contribution < -0.4 is 4.74 Å². The van der Waals surface area contributed by atoms with E-state index in [1.54, 1.807) is 0 Å². The van der Waals surface area contributed by atoms with Crippen LogP contribution in [0.1, 0.15) is 19.4 Å². The van der Waals surface area contributed by atoms with Crippen molar-refractivity contribution in [3.63, 3.8) is 0 Å². The third-order valence-electron chi connectivity index (χ3n) is 3.50. The molecule has 0 aliphatic heterocycles. The molecule has 2 heterocycles. The summed E-state index contributed by atoms with van der Waals surface area (Å²) in [6, 6.07) is 12.5. The van der Waals surface area contributed by atoms with Gasteiger partial charge in [-0.3, -0.25) is 4.98 Å². The number of nitrogens with zero attached hydrogens (tertiary/aromatic N) is 2. The summed E-state index contributed by atoms with van der Waals surface area (Å²) in [4.78, 5) is 4.16. The molecular weight excluding hydrogens is 260 g/mol. The number of rotatable bonds is 5. The number of hydrogen-bond acceptors (Lipinski definition) is 2. The normalized spacial score (nSPS) is 11.2. The Labute approximate surface area is 125 Å². The Morgan fingerprint density at radius 3 is 2.81 bits per heavy atom. The first kappa shape index (κ1) is 13.7. The fraction of sp³-hybridized carbons (Fsp3) is 0.278. The fourth-order valence-electron chi connectivity index (χ4n) is 2.54. The second kappa shape index (κ2) is 6.00. The van der Waals surface area contributed by atoms with Gasteiger partial charge in [0.15, 0.2) is 0 Å². The third kappa shape index (κ3) is 3.07. The Bertz CT molecular complexity index is 716. The molecular formula is C18H20N2O. The second-order valence-corrected chi connectivity index (χ2v) is 5.48. The van der Waals surface area contributed by atoms with E-state index in [1.165, 1.54) is 16.5 Å². The van der Waals surface area contributed by atoms with Crippen molar-refractivity contribution >= 4 is 10.9 Å². The average Bonchev–Trinajstić information content (AvgIpc) is 2.90. The van der Waals surface area contributed by atoms with Gasteiger partial charge in [-0.05, 0) is 50.1 Å². The third-order valence-corrected chi connectivity index (χ3v) is 3.50. The second-order valence-electron chi connectivity index (χ2n) is 5.48. The van der Waals surface area contributed by atoms with E-state index in [-0.39, 0.29) is 6.10 Å². The highest BCUT2D eigenvalue weighted by Gasteiger charge is 2.07. The standard InChI is InChI=1S/C18H20N2O/c1-14(2)21-18-7-3-6-17-16(18)9-12-20(17)11-8-15-5-4-10-19-13-15/h3-7,9-10,12-14H,8,11H2,1-2H3. The number of pyridine rings is 1. The lowest BCUT2D eigenvalue weighted by atomic mass is 10.2. The van der Waals surface area contributed by atoms with E-state index in [0.717, 1.165) is 18.7 Å². The summed E-state index contributed by atoms with van der Waals surface area (Å²) >= 11 is 0. The molecule has 2 aromatic heterocycles. The summed E-state index contributed by atoms with van der Waals surface area (Å²) in [7, 11) is 0. The van der Waals surface area contributed by atoms with E-state index in [0.29, 0.717) is 0 Å². The molecule has 0 radical (unpaired) electrons. The zero-order chi connectivity index (χ0) is 14.7. The number of fused-ring (bicyclic) bond motifs is 1. The van der Waals surface area contributed by atoms with E-state index in [2.05, 4.69) is 53.9 Å². The van der Waals surface area contributed by atoms with Gasteiger partial charge in [0, 0.05) is 30.5 Å². The molecule has 1 aromatic carbocycles. The van der Waals surface area contributed by atoms with E-state index in [4.69, 9.17) is 4.74 Å². The molecule has 0 unspecified atom stereocenters. The predicted octanol–water partition coefficient (Wildman–Crippen LogP) is 4.07. The molecule has 108 valence electrons. The van der Waals surface area contributed by atoms with Gasteiger partial charge in [0.1, 0.15) is 5.75 Å². The molecule has 0 aliphatic carbocycles. The lowest BCUT2D eigenvalue weighted by Crippen LogP contribution is -2.05. The molecule has 3 heteroatoms. The van der Waals surface area contributed by atoms with Gasteiger partial charge >= 0.3 is 0 Å². The van der Waals surface area contributed by atoms with E-state index < -0.39 is 0 Å². The lowest BCUT2D eigenvalue weighted by molar-refractivity contribution is 0.245. The Morgan fingerprint density at radius 2 is 2.05 bits per heavy atom. The maximum atomic E-state index is 5.88. The minimum Gasteiger partial charge on any atom is -0.490 e. The van der Waals surface area contributed by atoms with Crippen molar-refractivity contribution in [3.05, 3.63) is 60.6 Å². The van der Waals surface area contributed by atoms with Crippen LogP contribution in [0.3, 0.4) is 0 Å². The van der Waals surface area contributed by atoms with Gasteiger partial charge in [0.05, 0.1) is 11.6 Å². The molecule has 0 aliphatic rings. The molecule has 3 rings (SSSR count). The first-order chi connectivity index (χ1) is 10.2. The van der Waals surface area contributed by atoms with Gasteiger partial charge in [-0.15, -0.1) is 0 Å². The van der Waals surface area contributed by atoms with Crippen molar-refractivity contribution in [2.45, 2.75) is 32.9 Å². The summed E-state index contributed by atoms with van der Waals surface area (Å²) in [5, 5.41) is 1.18. The molecule has 21 heavy (non-hydrogen) atoms. The Kier molecular flexibility index (Phi) is 3.91. The smallest absolute Gasteiger partial charge is 0.129 e. The van der Waals surface area contributed by atoms with Gasteiger partial charge < -0.3 is 9.30 Å². The molecule has 0 amide bonds. The van der Waals surface area contributed by atoms with Gasteiger partial charge in [-0.25, -0.2) is 0 Å². The molecule has 0 bridgehead atoms. The van der Waals surface area contributed by atoms with Crippen molar-refractivity contribution < 1.29 is 4.74 Å². The fourth-order valence-corrected chi connectivity index (χ4v) is 2.54. The number of aryl methyl sites for hydroxylation is 2. The van der Waals surface area contributed by atoms with Crippen LogP contribution in [0.5, 0.6) is 5.75 Å². The molecule has 3 aromatic rings. The van der Waals surface area contributed by atoms with Crippen LogP contribution in [0, 0.1) is 0 Å². The van der Waals surface area contributed by atoms with E-state index in [9.17, 15) is 0 Å². The summed E-state index contributed by atoms with van der Waals surface area (Å²) in [6.07, 6.45) is 7.04. The number of hydrogen-bond donors (Lipinski definition) is 0. The largest absolute Gasteiger partial charge is 0.490 e. The van der Waals surface area contributed by atoms with Crippen molar-refractivity contribution in [3.8, 4) is 5.75 Å². The molecule has 0 atom stereocenters. The molecule has 0 saturated heterocycles. The van der Waals surface area contributed by atoms with Crippen molar-refractivity contribution in [1.82, 2.24) is 9.55 Å². The van der Waals surface area contributed by atoms with Gasteiger partial charge in [0.25, 0.3) is 0 Å². The molecule has 0 saturated carbocycles. The maximum absolute atomic E-state index is 5.88. The first-order valence-corrected chi connectivity index (χ1v) is 7.37. The van der Waals surface area contributed by atoms with E-state index >= 15 is 0 Å². The van der Waals surface area contributed by atoms with Crippen molar-refractivity contribution in [2.75, 3.05) is 0 Å². The van der Waals surface area contributed by atoms with Crippen molar-refractivity contribution in [1.29, 1.82) is 0 Å². The number of ether oxygens (including phenoxy) is 1. The monoisotopic (exact) mass is 280 g/mol. The van der Waals surface area contributed by atoms with Crippen LogP contribution in [0.4, 0.5) is 0 Å². The molecule has 0 fully saturated rings. The number of aromatic nitrogens is 2. The topological polar surface area (TPSA) is 27.1 Å². The minimum atomic E-state index is 0.189. The Balaban J connectivity index is 1.83. The van der Waals surface area contributed by atoms with Crippen LogP contribution in [0.15, 0.2) is 55.0 Å². The summed E-state index contributed by atoms with van der Waals surface area (Å²) in [6.45, 7) is 5.05. The molecule has 0 spiro atoms. The quantitative estimate of drug-likeness (QED) is 0.704. The van der Waals surface area contributed by atoms with E-state index in [1.807, 2.05) is 24.5 Å². The van der Waals surface area contributed by atoms with Crippen LogP contribution in [0.2, 0.25) is 0 Å². The van der Waals surface area contributed by atoms with Crippen LogP contribution in [-0.2, 0) is 13.0 Å². The SMILES string of the molecule is CC(C)Oc1cccc2c1ccn2CCc1cccnc1. The summed E-state index contributed by atoms with van der Waals surface area (Å²) in [5.41, 5.74) is 2.48.